The van der Waals surface area contributed by atoms with E-state index in [0.717, 1.165) is 17.5 Å². The Hall–Kier alpha value is -1.67. The lowest BCUT2D eigenvalue weighted by atomic mass is 9.97. The van der Waals surface area contributed by atoms with Crippen molar-refractivity contribution >= 4 is 0 Å². The minimum Gasteiger partial charge on any atom is -0.313 e. The summed E-state index contributed by atoms with van der Waals surface area (Å²) in [5.41, 5.74) is 4.48. The summed E-state index contributed by atoms with van der Waals surface area (Å²) in [4.78, 5) is 0. The topological polar surface area (TPSA) is 12.0 Å². The second kappa shape index (κ2) is 5.98. The van der Waals surface area contributed by atoms with Crippen LogP contribution in [-0.4, -0.2) is 7.05 Å². The summed E-state index contributed by atoms with van der Waals surface area (Å²) in [6.07, 6.45) is 0.862. The van der Waals surface area contributed by atoms with Crippen LogP contribution in [0.25, 0.3) is 0 Å². The van der Waals surface area contributed by atoms with Crippen LogP contribution in [0.3, 0.4) is 0 Å². The first-order chi connectivity index (χ1) is 9.08. The number of hydrogen-bond acceptors (Lipinski definition) is 1. The Morgan fingerprint density at radius 2 is 1.84 bits per heavy atom. The first kappa shape index (κ1) is 13.8. The maximum atomic E-state index is 13.5. The molecule has 0 spiro atoms. The van der Waals surface area contributed by atoms with Crippen LogP contribution in [0.4, 0.5) is 4.39 Å². The van der Waals surface area contributed by atoms with E-state index in [-0.39, 0.29) is 11.9 Å². The van der Waals surface area contributed by atoms with Crippen molar-refractivity contribution in [2.24, 2.45) is 0 Å². The number of aryl methyl sites for hydroxylation is 2. The third-order valence-corrected chi connectivity index (χ3v) is 3.34. The highest BCUT2D eigenvalue weighted by Gasteiger charge is 2.11. The molecule has 0 amide bonds. The molecule has 2 rings (SSSR count). The second-order valence-electron chi connectivity index (χ2n) is 5.10. The van der Waals surface area contributed by atoms with Gasteiger partial charge in [-0.2, -0.15) is 0 Å². The average molecular weight is 257 g/mol. The van der Waals surface area contributed by atoms with Gasteiger partial charge >= 0.3 is 0 Å². The zero-order chi connectivity index (χ0) is 13.8. The lowest BCUT2D eigenvalue weighted by Crippen LogP contribution is -2.19. The zero-order valence-electron chi connectivity index (χ0n) is 11.7. The summed E-state index contributed by atoms with van der Waals surface area (Å²) in [5.74, 6) is -0.167. The SMILES string of the molecule is CNC(Cc1cccc(C)c1)c1cc(C)cc(F)c1. The van der Waals surface area contributed by atoms with Crippen LogP contribution < -0.4 is 5.32 Å². The monoisotopic (exact) mass is 257 g/mol. The minimum atomic E-state index is -0.167. The van der Waals surface area contributed by atoms with Gasteiger partial charge in [0.05, 0.1) is 0 Å². The Bertz CT molecular complexity index is 543. The molecule has 0 aliphatic heterocycles. The molecule has 0 aromatic heterocycles. The van der Waals surface area contributed by atoms with E-state index in [1.807, 2.05) is 20.0 Å². The van der Waals surface area contributed by atoms with Crippen LogP contribution in [0.5, 0.6) is 0 Å². The molecule has 0 aliphatic carbocycles. The highest BCUT2D eigenvalue weighted by molar-refractivity contribution is 5.29. The fourth-order valence-corrected chi connectivity index (χ4v) is 2.43. The summed E-state index contributed by atoms with van der Waals surface area (Å²) in [7, 11) is 1.92. The van der Waals surface area contributed by atoms with Gasteiger partial charge in [-0.15, -0.1) is 0 Å². The Morgan fingerprint density at radius 1 is 1.05 bits per heavy atom. The number of benzene rings is 2. The maximum absolute atomic E-state index is 13.5. The Morgan fingerprint density at radius 3 is 2.47 bits per heavy atom. The van der Waals surface area contributed by atoms with Gasteiger partial charge in [0, 0.05) is 6.04 Å². The molecule has 2 aromatic rings. The van der Waals surface area contributed by atoms with E-state index in [1.54, 1.807) is 12.1 Å². The van der Waals surface area contributed by atoms with Crippen LogP contribution in [0, 0.1) is 19.7 Å². The molecule has 2 aromatic carbocycles. The van der Waals surface area contributed by atoms with Gasteiger partial charge in [0.25, 0.3) is 0 Å². The molecule has 0 fully saturated rings. The minimum absolute atomic E-state index is 0.135. The molecule has 0 saturated carbocycles. The predicted molar refractivity (Wildman–Crippen MR) is 77.8 cm³/mol. The van der Waals surface area contributed by atoms with Crippen LogP contribution in [0.1, 0.15) is 28.3 Å². The van der Waals surface area contributed by atoms with Gasteiger partial charge in [0.1, 0.15) is 5.82 Å². The highest BCUT2D eigenvalue weighted by atomic mass is 19.1. The van der Waals surface area contributed by atoms with Crippen LogP contribution in [-0.2, 0) is 6.42 Å². The molecule has 0 aliphatic rings. The van der Waals surface area contributed by atoms with Gasteiger partial charge in [-0.3, -0.25) is 0 Å². The van der Waals surface area contributed by atoms with Gasteiger partial charge in [-0.1, -0.05) is 35.9 Å². The molecule has 1 unspecified atom stereocenters. The largest absolute Gasteiger partial charge is 0.313 e. The van der Waals surface area contributed by atoms with Crippen molar-refractivity contribution in [2.45, 2.75) is 26.3 Å². The van der Waals surface area contributed by atoms with Crippen LogP contribution >= 0.6 is 0 Å². The zero-order valence-corrected chi connectivity index (χ0v) is 11.7. The molecule has 19 heavy (non-hydrogen) atoms. The molecule has 1 nitrogen and oxygen atoms in total. The molecule has 100 valence electrons. The van der Waals surface area contributed by atoms with Gasteiger partial charge in [-0.25, -0.2) is 4.39 Å². The van der Waals surface area contributed by atoms with E-state index in [9.17, 15) is 4.39 Å². The molecular weight excluding hydrogens is 237 g/mol. The summed E-state index contributed by atoms with van der Waals surface area (Å²) in [6, 6.07) is 13.8. The molecule has 0 heterocycles. The average Bonchev–Trinajstić information content (AvgIpc) is 2.34. The van der Waals surface area contributed by atoms with Gasteiger partial charge in [0.15, 0.2) is 0 Å². The van der Waals surface area contributed by atoms with Crippen LogP contribution in [0.15, 0.2) is 42.5 Å². The van der Waals surface area contributed by atoms with E-state index in [2.05, 4.69) is 36.5 Å². The summed E-state index contributed by atoms with van der Waals surface area (Å²) in [6.45, 7) is 4.01. The lowest BCUT2D eigenvalue weighted by molar-refractivity contribution is 0.576. The molecule has 0 bridgehead atoms. The second-order valence-corrected chi connectivity index (χ2v) is 5.10. The fourth-order valence-electron chi connectivity index (χ4n) is 2.43. The number of likely N-dealkylation sites (N-methyl/N-ethyl adjacent to an activating group) is 1. The summed E-state index contributed by atoms with van der Waals surface area (Å²) >= 11 is 0. The van der Waals surface area contributed by atoms with E-state index in [1.165, 1.54) is 11.1 Å². The van der Waals surface area contributed by atoms with Crippen molar-refractivity contribution in [1.29, 1.82) is 0 Å². The van der Waals surface area contributed by atoms with E-state index < -0.39 is 0 Å². The maximum Gasteiger partial charge on any atom is 0.123 e. The first-order valence-corrected chi connectivity index (χ1v) is 6.58. The Labute approximate surface area is 114 Å². The molecule has 1 N–H and O–H groups in total. The summed E-state index contributed by atoms with van der Waals surface area (Å²) < 4.78 is 13.5. The Balaban J connectivity index is 2.24. The molecule has 0 saturated heterocycles. The third kappa shape index (κ3) is 3.65. The number of hydrogen-bond donors (Lipinski definition) is 1. The standard InChI is InChI=1S/C17H20FN/c1-12-5-4-6-14(7-12)10-17(19-3)15-8-13(2)9-16(18)11-15/h4-9,11,17,19H,10H2,1-3H3. The quantitative estimate of drug-likeness (QED) is 0.874. The van der Waals surface area contributed by atoms with Crippen molar-refractivity contribution in [2.75, 3.05) is 7.05 Å². The van der Waals surface area contributed by atoms with Crippen molar-refractivity contribution in [1.82, 2.24) is 5.32 Å². The normalized spacial score (nSPS) is 12.4. The highest BCUT2D eigenvalue weighted by Crippen LogP contribution is 2.21. The molecule has 0 radical (unpaired) electrons. The van der Waals surface area contributed by atoms with Gasteiger partial charge in [0.2, 0.25) is 0 Å². The lowest BCUT2D eigenvalue weighted by Gasteiger charge is -2.18. The van der Waals surface area contributed by atoms with Crippen molar-refractivity contribution in [3.63, 3.8) is 0 Å². The number of rotatable bonds is 4. The van der Waals surface area contributed by atoms with E-state index in [4.69, 9.17) is 0 Å². The van der Waals surface area contributed by atoms with Crippen molar-refractivity contribution < 1.29 is 4.39 Å². The first-order valence-electron chi connectivity index (χ1n) is 6.58. The van der Waals surface area contributed by atoms with Gasteiger partial charge in [-0.05, 0) is 56.1 Å². The van der Waals surface area contributed by atoms with E-state index in [0.29, 0.717) is 0 Å². The number of nitrogens with one attached hydrogen (secondary N) is 1. The summed E-state index contributed by atoms with van der Waals surface area (Å²) in [5, 5.41) is 3.27. The molecular formula is C17H20FN. The number of halogens is 1. The third-order valence-electron chi connectivity index (χ3n) is 3.34. The van der Waals surface area contributed by atoms with Crippen molar-refractivity contribution in [3.8, 4) is 0 Å². The molecule has 1 atom stereocenters. The van der Waals surface area contributed by atoms with E-state index >= 15 is 0 Å². The van der Waals surface area contributed by atoms with Gasteiger partial charge < -0.3 is 5.32 Å². The van der Waals surface area contributed by atoms with Crippen molar-refractivity contribution in [3.05, 3.63) is 70.5 Å². The predicted octanol–water partition coefficient (Wildman–Crippen LogP) is 3.95. The Kier molecular flexibility index (Phi) is 4.33. The fraction of sp³-hybridized carbons (Fsp3) is 0.294. The smallest absolute Gasteiger partial charge is 0.123 e. The van der Waals surface area contributed by atoms with Crippen LogP contribution in [0.2, 0.25) is 0 Å². The molecule has 2 heteroatoms.